The summed E-state index contributed by atoms with van der Waals surface area (Å²) in [7, 11) is 2.08. The second-order valence-electron chi connectivity index (χ2n) is 6.98. The van der Waals surface area contributed by atoms with Crippen LogP contribution in [0.4, 0.5) is 0 Å². The molecule has 0 saturated carbocycles. The van der Waals surface area contributed by atoms with Gasteiger partial charge >= 0.3 is 0 Å². The number of hydrogen-bond acceptors (Lipinski definition) is 5. The average Bonchev–Trinajstić information content (AvgIpc) is 2.97. The molecule has 0 aliphatic carbocycles. The smallest absolute Gasteiger partial charge is 0.232 e. The Kier molecular flexibility index (Phi) is 6.16. The summed E-state index contributed by atoms with van der Waals surface area (Å²) in [5, 5.41) is 8.94. The maximum Gasteiger partial charge on any atom is 0.232 e. The van der Waals surface area contributed by atoms with Crippen molar-refractivity contribution in [2.45, 2.75) is 44.6 Å². The van der Waals surface area contributed by atoms with Crippen LogP contribution in [-0.2, 0) is 18.4 Å². The number of carbonyl (C=O) groups is 1. The molecule has 1 atom stereocenters. The maximum atomic E-state index is 12.2. The van der Waals surface area contributed by atoms with Gasteiger partial charge in [-0.25, -0.2) is 0 Å². The van der Waals surface area contributed by atoms with Gasteiger partial charge in [-0.15, -0.1) is 10.2 Å². The first-order chi connectivity index (χ1) is 11.7. The van der Waals surface area contributed by atoms with Crippen molar-refractivity contribution in [2.24, 2.45) is 7.05 Å². The van der Waals surface area contributed by atoms with E-state index in [1.165, 1.54) is 32.4 Å². The summed E-state index contributed by atoms with van der Waals surface area (Å²) in [5.74, 6) is 3.24. The van der Waals surface area contributed by atoms with E-state index in [0.717, 1.165) is 44.1 Å². The minimum absolute atomic E-state index is 0.253. The van der Waals surface area contributed by atoms with Crippen LogP contribution in [0.25, 0.3) is 0 Å². The lowest BCUT2D eigenvalue weighted by molar-refractivity contribution is -0.129. The third-order valence-corrected chi connectivity index (χ3v) is 5.76. The molecule has 0 unspecified atom stereocenters. The minimum atomic E-state index is 0.253. The lowest BCUT2D eigenvalue weighted by atomic mass is 9.97. The fourth-order valence-corrected chi connectivity index (χ4v) is 4.24. The second kappa shape index (κ2) is 8.34. The fourth-order valence-electron chi connectivity index (χ4n) is 3.82. The zero-order chi connectivity index (χ0) is 16.9. The predicted molar refractivity (Wildman–Crippen MR) is 97.1 cm³/mol. The quantitative estimate of drug-likeness (QED) is 0.811. The summed E-state index contributed by atoms with van der Waals surface area (Å²) in [6.45, 7) is 4.90. The number of rotatable bonds is 5. The van der Waals surface area contributed by atoms with Crippen molar-refractivity contribution in [2.75, 3.05) is 38.2 Å². The van der Waals surface area contributed by atoms with E-state index >= 15 is 0 Å². The lowest BCUT2D eigenvalue weighted by Crippen LogP contribution is -2.40. The molecule has 3 heterocycles. The van der Waals surface area contributed by atoms with Crippen molar-refractivity contribution >= 4 is 17.7 Å². The van der Waals surface area contributed by atoms with E-state index in [4.69, 9.17) is 0 Å². The van der Waals surface area contributed by atoms with Crippen LogP contribution in [0.1, 0.15) is 49.7 Å². The van der Waals surface area contributed by atoms with Gasteiger partial charge in [0.25, 0.3) is 0 Å². The van der Waals surface area contributed by atoms with Gasteiger partial charge in [0.1, 0.15) is 11.6 Å². The van der Waals surface area contributed by atoms with Crippen LogP contribution < -0.4 is 0 Å². The number of hydrogen-bond donors (Lipinski definition) is 0. The van der Waals surface area contributed by atoms with Crippen LogP contribution in [0.15, 0.2) is 0 Å². The SMILES string of the molecule is CSCC(=O)N1CCC[C@H](c2nnc(CN3CCCCC3)n2C)C1. The highest BCUT2D eigenvalue weighted by atomic mass is 32.2. The van der Waals surface area contributed by atoms with Crippen molar-refractivity contribution in [3.8, 4) is 0 Å². The van der Waals surface area contributed by atoms with Crippen LogP contribution in [-0.4, -0.2) is 68.7 Å². The van der Waals surface area contributed by atoms with Crippen LogP contribution in [0.3, 0.4) is 0 Å². The number of aromatic nitrogens is 3. The summed E-state index contributed by atoms with van der Waals surface area (Å²) in [4.78, 5) is 16.7. The standard InChI is InChI=1S/C17H29N5OS/c1-20-15(12-21-8-4-3-5-9-21)18-19-17(20)14-7-6-10-22(11-14)16(23)13-24-2/h14H,3-13H2,1-2H3/t14-/m0/s1. The maximum absolute atomic E-state index is 12.2. The van der Waals surface area contributed by atoms with Gasteiger partial charge in [-0.1, -0.05) is 6.42 Å². The molecule has 0 bridgehead atoms. The minimum Gasteiger partial charge on any atom is -0.341 e. The highest BCUT2D eigenvalue weighted by molar-refractivity contribution is 7.99. The summed E-state index contributed by atoms with van der Waals surface area (Å²) >= 11 is 1.60. The molecule has 1 aromatic heterocycles. The van der Waals surface area contributed by atoms with Gasteiger partial charge in [-0.2, -0.15) is 11.8 Å². The Morgan fingerprint density at radius 2 is 1.96 bits per heavy atom. The molecule has 1 amide bonds. The molecular weight excluding hydrogens is 322 g/mol. The molecule has 2 saturated heterocycles. The molecule has 0 N–H and O–H groups in total. The number of carbonyl (C=O) groups excluding carboxylic acids is 1. The normalized spacial score (nSPS) is 22.8. The van der Waals surface area contributed by atoms with Crippen molar-refractivity contribution in [1.82, 2.24) is 24.6 Å². The first-order valence-electron chi connectivity index (χ1n) is 9.06. The Morgan fingerprint density at radius 1 is 1.17 bits per heavy atom. The Bertz CT molecular complexity index is 555. The Balaban J connectivity index is 1.64. The molecule has 2 aliphatic heterocycles. The third kappa shape index (κ3) is 4.11. The average molecular weight is 352 g/mol. The highest BCUT2D eigenvalue weighted by Gasteiger charge is 2.28. The van der Waals surface area contributed by atoms with E-state index in [9.17, 15) is 4.79 Å². The van der Waals surface area contributed by atoms with Crippen LogP contribution >= 0.6 is 11.8 Å². The number of nitrogens with zero attached hydrogens (tertiary/aromatic N) is 5. The molecule has 2 aliphatic rings. The second-order valence-corrected chi connectivity index (χ2v) is 7.85. The van der Waals surface area contributed by atoms with Gasteiger partial charge < -0.3 is 9.47 Å². The molecule has 24 heavy (non-hydrogen) atoms. The Hall–Kier alpha value is -1.08. The molecule has 134 valence electrons. The highest BCUT2D eigenvalue weighted by Crippen LogP contribution is 2.26. The third-order valence-electron chi connectivity index (χ3n) is 5.22. The van der Waals surface area contributed by atoms with E-state index in [1.807, 2.05) is 11.2 Å². The van der Waals surface area contributed by atoms with E-state index in [2.05, 4.69) is 26.7 Å². The number of thioether (sulfide) groups is 1. The summed E-state index contributed by atoms with van der Waals surface area (Å²) < 4.78 is 2.17. The van der Waals surface area contributed by atoms with Gasteiger partial charge in [0.15, 0.2) is 0 Å². The topological polar surface area (TPSA) is 54.3 Å². The molecule has 2 fully saturated rings. The Morgan fingerprint density at radius 3 is 2.71 bits per heavy atom. The van der Waals surface area contributed by atoms with E-state index in [0.29, 0.717) is 11.7 Å². The van der Waals surface area contributed by atoms with E-state index in [1.54, 1.807) is 11.8 Å². The van der Waals surface area contributed by atoms with Gasteiger partial charge in [0.05, 0.1) is 12.3 Å². The number of likely N-dealkylation sites (tertiary alicyclic amines) is 2. The molecule has 0 aromatic carbocycles. The molecule has 6 nitrogen and oxygen atoms in total. The molecule has 3 rings (SSSR count). The summed E-state index contributed by atoms with van der Waals surface area (Å²) in [5.41, 5.74) is 0. The van der Waals surface area contributed by atoms with Crippen LogP contribution in [0.2, 0.25) is 0 Å². The van der Waals surface area contributed by atoms with Crippen molar-refractivity contribution < 1.29 is 4.79 Å². The predicted octanol–water partition coefficient (Wildman–Crippen LogP) is 1.87. The summed E-state index contributed by atoms with van der Waals surface area (Å²) in [6, 6.07) is 0. The first-order valence-corrected chi connectivity index (χ1v) is 10.5. The largest absolute Gasteiger partial charge is 0.341 e. The molecule has 0 spiro atoms. The monoisotopic (exact) mass is 351 g/mol. The van der Waals surface area contributed by atoms with E-state index < -0.39 is 0 Å². The lowest BCUT2D eigenvalue weighted by Gasteiger charge is -2.32. The zero-order valence-corrected chi connectivity index (χ0v) is 15.7. The van der Waals surface area contributed by atoms with Crippen molar-refractivity contribution in [3.05, 3.63) is 11.6 Å². The van der Waals surface area contributed by atoms with Crippen molar-refractivity contribution in [3.63, 3.8) is 0 Å². The van der Waals surface area contributed by atoms with Crippen molar-refractivity contribution in [1.29, 1.82) is 0 Å². The van der Waals surface area contributed by atoms with E-state index in [-0.39, 0.29) is 5.91 Å². The summed E-state index contributed by atoms with van der Waals surface area (Å²) in [6.07, 6.45) is 8.06. The Labute approximate surface area is 149 Å². The van der Waals surface area contributed by atoms with Gasteiger partial charge in [-0.3, -0.25) is 9.69 Å². The molecule has 7 heteroatoms. The fraction of sp³-hybridized carbons (Fsp3) is 0.824. The molecular formula is C17H29N5OS. The molecule has 0 radical (unpaired) electrons. The number of amides is 1. The molecule has 1 aromatic rings. The van der Waals surface area contributed by atoms with Crippen LogP contribution in [0, 0.1) is 0 Å². The number of piperidine rings is 2. The first kappa shape index (κ1) is 17.7. The van der Waals surface area contributed by atoms with Gasteiger partial charge in [0, 0.05) is 26.1 Å². The van der Waals surface area contributed by atoms with Gasteiger partial charge in [0.2, 0.25) is 5.91 Å². The van der Waals surface area contributed by atoms with Crippen LogP contribution in [0.5, 0.6) is 0 Å². The van der Waals surface area contributed by atoms with Gasteiger partial charge in [-0.05, 0) is 45.0 Å². The zero-order valence-electron chi connectivity index (χ0n) is 14.9.